The zero-order chi connectivity index (χ0) is 14.9. The molecule has 1 N–H and O–H groups in total. The van der Waals surface area contributed by atoms with Crippen molar-refractivity contribution in [3.8, 4) is 0 Å². The maximum atomic E-state index is 13.4. The highest BCUT2D eigenvalue weighted by atomic mass is 19.1. The number of aryl methyl sites for hydroxylation is 1. The van der Waals surface area contributed by atoms with Crippen LogP contribution in [0.2, 0.25) is 0 Å². The fourth-order valence-corrected chi connectivity index (χ4v) is 1.96. The van der Waals surface area contributed by atoms with E-state index in [4.69, 9.17) is 4.74 Å². The number of hydrogen-bond donors (Lipinski definition) is 1. The van der Waals surface area contributed by atoms with Gasteiger partial charge in [-0.05, 0) is 45.4 Å². The molecule has 1 amide bonds. The van der Waals surface area contributed by atoms with Gasteiger partial charge < -0.3 is 15.0 Å². The lowest BCUT2D eigenvalue weighted by Crippen LogP contribution is -2.57. The first-order valence-electron chi connectivity index (χ1n) is 6.75. The van der Waals surface area contributed by atoms with E-state index in [1.165, 1.54) is 6.07 Å². The van der Waals surface area contributed by atoms with Gasteiger partial charge in [-0.1, -0.05) is 6.07 Å². The second-order valence-corrected chi connectivity index (χ2v) is 6.19. The Kier molecular flexibility index (Phi) is 3.88. The van der Waals surface area contributed by atoms with E-state index < -0.39 is 5.60 Å². The molecule has 1 heterocycles. The Labute approximate surface area is 118 Å². The van der Waals surface area contributed by atoms with E-state index in [2.05, 4.69) is 5.32 Å². The number of benzene rings is 1. The molecule has 0 atom stereocenters. The lowest BCUT2D eigenvalue weighted by molar-refractivity contribution is 0.0105. The number of nitrogens with one attached hydrogen (secondary N) is 1. The first-order chi connectivity index (χ1) is 9.24. The number of anilines is 1. The fraction of sp³-hybridized carbons (Fsp3) is 0.533. The molecule has 0 aromatic heterocycles. The molecule has 1 aliphatic rings. The number of carbonyl (C=O) groups excluding carboxylic acids is 1. The highest BCUT2D eigenvalue weighted by Gasteiger charge is 2.33. The Morgan fingerprint density at radius 3 is 2.60 bits per heavy atom. The molecule has 5 heteroatoms. The molecule has 0 spiro atoms. The van der Waals surface area contributed by atoms with Crippen LogP contribution >= 0.6 is 0 Å². The predicted molar refractivity (Wildman–Crippen MR) is 76.4 cm³/mol. The summed E-state index contributed by atoms with van der Waals surface area (Å²) in [4.78, 5) is 13.4. The summed E-state index contributed by atoms with van der Waals surface area (Å²) in [6.07, 6.45) is -0.300. The van der Waals surface area contributed by atoms with Crippen LogP contribution in [0.1, 0.15) is 26.3 Å². The quantitative estimate of drug-likeness (QED) is 0.904. The number of carbonyl (C=O) groups is 1. The highest BCUT2D eigenvalue weighted by Crippen LogP contribution is 2.20. The normalized spacial score (nSPS) is 15.8. The zero-order valence-corrected chi connectivity index (χ0v) is 12.4. The van der Waals surface area contributed by atoms with Crippen molar-refractivity contribution in [3.63, 3.8) is 0 Å². The van der Waals surface area contributed by atoms with Crippen molar-refractivity contribution in [1.82, 2.24) is 4.90 Å². The topological polar surface area (TPSA) is 41.6 Å². The second kappa shape index (κ2) is 5.31. The molecule has 1 aromatic carbocycles. The largest absolute Gasteiger partial charge is 0.444 e. The third kappa shape index (κ3) is 3.62. The molecule has 1 fully saturated rings. The Balaban J connectivity index is 1.82. The fourth-order valence-electron chi connectivity index (χ4n) is 1.96. The van der Waals surface area contributed by atoms with E-state index in [1.807, 2.05) is 26.8 Å². The SMILES string of the molecule is Cc1ccc(NC2CN(C(=O)OC(C)(C)C)C2)cc1F. The van der Waals surface area contributed by atoms with Gasteiger partial charge in [-0.2, -0.15) is 0 Å². The van der Waals surface area contributed by atoms with E-state index in [9.17, 15) is 9.18 Å². The molecule has 0 saturated carbocycles. The second-order valence-electron chi connectivity index (χ2n) is 6.19. The Morgan fingerprint density at radius 1 is 1.40 bits per heavy atom. The minimum Gasteiger partial charge on any atom is -0.444 e. The molecule has 4 nitrogen and oxygen atoms in total. The maximum absolute atomic E-state index is 13.4. The smallest absolute Gasteiger partial charge is 0.410 e. The molecule has 1 aliphatic heterocycles. The van der Waals surface area contributed by atoms with Gasteiger partial charge >= 0.3 is 6.09 Å². The number of nitrogens with zero attached hydrogens (tertiary/aromatic N) is 1. The van der Waals surface area contributed by atoms with Crippen LogP contribution in [0.4, 0.5) is 14.9 Å². The van der Waals surface area contributed by atoms with Crippen LogP contribution in [0.3, 0.4) is 0 Å². The Bertz CT molecular complexity index is 505. The van der Waals surface area contributed by atoms with Crippen molar-refractivity contribution in [3.05, 3.63) is 29.6 Å². The first-order valence-corrected chi connectivity index (χ1v) is 6.75. The third-order valence-electron chi connectivity index (χ3n) is 3.08. The average molecular weight is 280 g/mol. The van der Waals surface area contributed by atoms with Gasteiger partial charge in [0.15, 0.2) is 0 Å². The van der Waals surface area contributed by atoms with Gasteiger partial charge in [-0.15, -0.1) is 0 Å². The highest BCUT2D eigenvalue weighted by molar-refractivity contribution is 5.69. The van der Waals surface area contributed by atoms with E-state index in [0.29, 0.717) is 18.7 Å². The third-order valence-corrected chi connectivity index (χ3v) is 3.08. The minimum absolute atomic E-state index is 0.143. The standard InChI is InChI=1S/C15H21FN2O2/c1-10-5-6-11(7-13(10)16)17-12-8-18(9-12)14(19)20-15(2,3)4/h5-7,12,17H,8-9H2,1-4H3. The molecule has 1 saturated heterocycles. The minimum atomic E-state index is -0.477. The lowest BCUT2D eigenvalue weighted by atomic mass is 10.1. The Hall–Kier alpha value is -1.78. The molecule has 110 valence electrons. The number of ether oxygens (including phenoxy) is 1. The summed E-state index contributed by atoms with van der Waals surface area (Å²) in [6.45, 7) is 8.40. The average Bonchev–Trinajstić information content (AvgIpc) is 2.25. The zero-order valence-electron chi connectivity index (χ0n) is 12.4. The van der Waals surface area contributed by atoms with Crippen LogP contribution < -0.4 is 5.32 Å². The van der Waals surface area contributed by atoms with Crippen LogP contribution in [0.25, 0.3) is 0 Å². The van der Waals surface area contributed by atoms with Crippen molar-refractivity contribution in [2.75, 3.05) is 18.4 Å². The van der Waals surface area contributed by atoms with Gasteiger partial charge in [-0.3, -0.25) is 0 Å². The number of amides is 1. The molecule has 0 aliphatic carbocycles. The van der Waals surface area contributed by atoms with Crippen molar-refractivity contribution in [2.24, 2.45) is 0 Å². The van der Waals surface area contributed by atoms with Crippen LogP contribution in [-0.2, 0) is 4.74 Å². The molecule has 0 unspecified atom stereocenters. The van der Waals surface area contributed by atoms with Gasteiger partial charge in [0.25, 0.3) is 0 Å². The lowest BCUT2D eigenvalue weighted by Gasteiger charge is -2.40. The summed E-state index contributed by atoms with van der Waals surface area (Å²) in [7, 11) is 0. The van der Waals surface area contributed by atoms with Crippen molar-refractivity contribution >= 4 is 11.8 Å². The number of halogens is 1. The number of rotatable bonds is 2. The van der Waals surface area contributed by atoms with Gasteiger partial charge in [0.1, 0.15) is 11.4 Å². The molecule has 20 heavy (non-hydrogen) atoms. The summed E-state index contributed by atoms with van der Waals surface area (Å²) < 4.78 is 18.7. The summed E-state index contributed by atoms with van der Waals surface area (Å²) in [5.41, 5.74) is 0.886. The van der Waals surface area contributed by atoms with Crippen molar-refractivity contribution in [1.29, 1.82) is 0 Å². The van der Waals surface area contributed by atoms with Crippen molar-refractivity contribution < 1.29 is 13.9 Å². The molecule has 0 bridgehead atoms. The van der Waals surface area contributed by atoms with Crippen LogP contribution in [0, 0.1) is 12.7 Å². The number of likely N-dealkylation sites (tertiary alicyclic amines) is 1. The molecular formula is C15H21FN2O2. The maximum Gasteiger partial charge on any atom is 0.410 e. The van der Waals surface area contributed by atoms with E-state index in [-0.39, 0.29) is 18.0 Å². The van der Waals surface area contributed by atoms with E-state index in [0.717, 1.165) is 5.69 Å². The monoisotopic (exact) mass is 280 g/mol. The van der Waals surface area contributed by atoms with Crippen LogP contribution in [0.5, 0.6) is 0 Å². The summed E-state index contributed by atoms with van der Waals surface area (Å²) >= 11 is 0. The summed E-state index contributed by atoms with van der Waals surface area (Å²) in [5, 5.41) is 3.20. The molecular weight excluding hydrogens is 259 g/mol. The summed E-state index contributed by atoms with van der Waals surface area (Å²) in [5.74, 6) is -0.224. The van der Waals surface area contributed by atoms with Gasteiger partial charge in [0.2, 0.25) is 0 Å². The van der Waals surface area contributed by atoms with Crippen molar-refractivity contribution in [2.45, 2.75) is 39.3 Å². The van der Waals surface area contributed by atoms with Gasteiger partial charge in [-0.25, -0.2) is 9.18 Å². The number of hydrogen-bond acceptors (Lipinski definition) is 3. The molecule has 0 radical (unpaired) electrons. The molecule has 2 rings (SSSR count). The van der Waals surface area contributed by atoms with Gasteiger partial charge in [0.05, 0.1) is 6.04 Å². The Morgan fingerprint density at radius 2 is 2.05 bits per heavy atom. The van der Waals surface area contributed by atoms with E-state index in [1.54, 1.807) is 17.9 Å². The van der Waals surface area contributed by atoms with Crippen LogP contribution in [0.15, 0.2) is 18.2 Å². The van der Waals surface area contributed by atoms with Crippen LogP contribution in [-0.4, -0.2) is 35.7 Å². The molecule has 1 aromatic rings. The first kappa shape index (κ1) is 14.6. The summed E-state index contributed by atoms with van der Waals surface area (Å²) in [6, 6.07) is 5.20. The van der Waals surface area contributed by atoms with E-state index >= 15 is 0 Å². The van der Waals surface area contributed by atoms with Gasteiger partial charge in [0, 0.05) is 18.8 Å². The predicted octanol–water partition coefficient (Wildman–Crippen LogP) is 3.17.